The molecule has 0 radical (unpaired) electrons. The monoisotopic (exact) mass is 273 g/mol. The van der Waals surface area contributed by atoms with Crippen LogP contribution in [0.4, 0.5) is 0 Å². The number of pyridine rings is 1. The van der Waals surface area contributed by atoms with Crippen molar-refractivity contribution < 1.29 is 19.7 Å². The Bertz CT molecular complexity index is 608. The minimum atomic E-state index is -1.01. The van der Waals surface area contributed by atoms with Gasteiger partial charge in [-0.3, -0.25) is 0 Å². The Morgan fingerprint density at radius 1 is 1.25 bits per heavy atom. The van der Waals surface area contributed by atoms with Crippen molar-refractivity contribution >= 4 is 5.97 Å². The molecule has 2 aromatic rings. The Morgan fingerprint density at radius 3 is 2.50 bits per heavy atom. The highest BCUT2D eigenvalue weighted by molar-refractivity contribution is 5.88. The molecular weight excluding hydrogens is 258 g/mol. The molecule has 20 heavy (non-hydrogen) atoms. The molecule has 1 heterocycles. The highest BCUT2D eigenvalue weighted by atomic mass is 16.5. The number of carbonyl (C=O) groups is 1. The summed E-state index contributed by atoms with van der Waals surface area (Å²) in [6, 6.07) is 9.79. The number of carboxylic acids is 1. The second kappa shape index (κ2) is 6.16. The minimum absolute atomic E-state index is 0.0347. The molecule has 1 aromatic heterocycles. The third-order valence-electron chi connectivity index (χ3n) is 2.79. The number of aromatic carboxylic acids is 1. The third-order valence-corrected chi connectivity index (χ3v) is 2.79. The Kier molecular flexibility index (Phi) is 4.32. The summed E-state index contributed by atoms with van der Waals surface area (Å²) in [7, 11) is 0. The lowest BCUT2D eigenvalue weighted by Gasteiger charge is -2.08. The molecule has 1 aromatic carbocycles. The molecule has 2 N–H and O–H groups in total. The maximum Gasteiger partial charge on any atom is 0.335 e. The van der Waals surface area contributed by atoms with Crippen LogP contribution in [-0.4, -0.2) is 21.2 Å². The fourth-order valence-corrected chi connectivity index (χ4v) is 1.70. The Balaban J connectivity index is 2.27. The van der Waals surface area contributed by atoms with Crippen molar-refractivity contribution in [3.63, 3.8) is 0 Å². The number of aryl methyl sites for hydroxylation is 1. The molecule has 0 saturated heterocycles. The van der Waals surface area contributed by atoms with Gasteiger partial charge in [0.05, 0.1) is 12.2 Å². The standard InChI is InChI=1S/C15H15NO4/c1-2-12-7-11(15(18)19)8-14(16-12)20-13-5-3-10(9-17)4-6-13/h3-8,17H,2,9H2,1H3,(H,18,19). The van der Waals surface area contributed by atoms with Gasteiger partial charge >= 0.3 is 5.97 Å². The van der Waals surface area contributed by atoms with Crippen LogP contribution in [0.3, 0.4) is 0 Å². The van der Waals surface area contributed by atoms with Crippen LogP contribution < -0.4 is 4.74 Å². The maximum atomic E-state index is 11.0. The molecule has 0 bridgehead atoms. The molecule has 104 valence electrons. The summed E-state index contributed by atoms with van der Waals surface area (Å²) in [5.74, 6) is -0.222. The third kappa shape index (κ3) is 3.33. The van der Waals surface area contributed by atoms with Gasteiger partial charge in [-0.2, -0.15) is 0 Å². The van der Waals surface area contributed by atoms with E-state index >= 15 is 0 Å². The van der Waals surface area contributed by atoms with Gasteiger partial charge in [0, 0.05) is 11.8 Å². The highest BCUT2D eigenvalue weighted by Gasteiger charge is 2.09. The lowest BCUT2D eigenvalue weighted by Crippen LogP contribution is -2.01. The van der Waals surface area contributed by atoms with Gasteiger partial charge in [0.2, 0.25) is 5.88 Å². The van der Waals surface area contributed by atoms with Crippen molar-refractivity contribution in [3.05, 3.63) is 53.2 Å². The maximum absolute atomic E-state index is 11.0. The number of hydrogen-bond acceptors (Lipinski definition) is 4. The second-order valence-corrected chi connectivity index (χ2v) is 4.25. The summed E-state index contributed by atoms with van der Waals surface area (Å²) in [6.07, 6.45) is 0.626. The first kappa shape index (κ1) is 14.0. The van der Waals surface area contributed by atoms with E-state index in [4.69, 9.17) is 14.9 Å². The van der Waals surface area contributed by atoms with E-state index < -0.39 is 5.97 Å². The van der Waals surface area contributed by atoms with Crippen molar-refractivity contribution in [1.29, 1.82) is 0 Å². The van der Waals surface area contributed by atoms with Crippen LogP contribution in [0.25, 0.3) is 0 Å². The molecule has 0 amide bonds. The number of carboxylic acid groups (broad SMARTS) is 1. The lowest BCUT2D eigenvalue weighted by atomic mass is 10.2. The van der Waals surface area contributed by atoms with Crippen LogP contribution in [0, 0.1) is 0 Å². The van der Waals surface area contributed by atoms with Crippen molar-refractivity contribution in [2.45, 2.75) is 20.0 Å². The normalized spacial score (nSPS) is 10.3. The molecule has 0 aliphatic heterocycles. The zero-order chi connectivity index (χ0) is 14.5. The first-order chi connectivity index (χ1) is 9.62. The van der Waals surface area contributed by atoms with Crippen LogP contribution in [0.1, 0.15) is 28.5 Å². The number of aliphatic hydroxyl groups is 1. The molecule has 0 unspecified atom stereocenters. The predicted molar refractivity (Wildman–Crippen MR) is 73.0 cm³/mol. The molecule has 0 fully saturated rings. The smallest absolute Gasteiger partial charge is 0.335 e. The van der Waals surface area contributed by atoms with Crippen LogP contribution in [0.2, 0.25) is 0 Å². The molecule has 5 heteroatoms. The highest BCUT2D eigenvalue weighted by Crippen LogP contribution is 2.22. The van der Waals surface area contributed by atoms with Crippen LogP contribution in [0.5, 0.6) is 11.6 Å². The van der Waals surface area contributed by atoms with E-state index in [9.17, 15) is 4.79 Å². The zero-order valence-electron chi connectivity index (χ0n) is 11.0. The van der Waals surface area contributed by atoms with Gasteiger partial charge in [-0.15, -0.1) is 0 Å². The van der Waals surface area contributed by atoms with Gasteiger partial charge in [0.1, 0.15) is 5.75 Å². The molecular formula is C15H15NO4. The van der Waals surface area contributed by atoms with Gasteiger partial charge < -0.3 is 14.9 Å². The zero-order valence-corrected chi connectivity index (χ0v) is 11.0. The SMILES string of the molecule is CCc1cc(C(=O)O)cc(Oc2ccc(CO)cc2)n1. The van der Waals surface area contributed by atoms with E-state index in [0.29, 0.717) is 17.9 Å². The van der Waals surface area contributed by atoms with Gasteiger partial charge in [0.15, 0.2) is 0 Å². The van der Waals surface area contributed by atoms with Crippen molar-refractivity contribution in [2.24, 2.45) is 0 Å². The van der Waals surface area contributed by atoms with E-state index in [1.165, 1.54) is 12.1 Å². The van der Waals surface area contributed by atoms with Crippen molar-refractivity contribution in [2.75, 3.05) is 0 Å². The molecule has 0 atom stereocenters. The van der Waals surface area contributed by atoms with Crippen molar-refractivity contribution in [3.8, 4) is 11.6 Å². The first-order valence-corrected chi connectivity index (χ1v) is 6.24. The van der Waals surface area contributed by atoms with E-state index in [0.717, 1.165) is 5.56 Å². The number of nitrogens with zero attached hydrogens (tertiary/aromatic N) is 1. The van der Waals surface area contributed by atoms with Crippen LogP contribution in [-0.2, 0) is 13.0 Å². The average Bonchev–Trinajstić information content (AvgIpc) is 2.47. The largest absolute Gasteiger partial charge is 0.478 e. The van der Waals surface area contributed by atoms with Gasteiger partial charge in [0.25, 0.3) is 0 Å². The van der Waals surface area contributed by atoms with Crippen molar-refractivity contribution in [1.82, 2.24) is 4.98 Å². The van der Waals surface area contributed by atoms with Crippen LogP contribution in [0.15, 0.2) is 36.4 Å². The van der Waals surface area contributed by atoms with Gasteiger partial charge in [-0.05, 0) is 30.2 Å². The number of aliphatic hydroxyl groups excluding tert-OH is 1. The summed E-state index contributed by atoms with van der Waals surface area (Å²) in [6.45, 7) is 1.86. The number of ether oxygens (including phenoxy) is 1. The van der Waals surface area contributed by atoms with E-state index in [-0.39, 0.29) is 18.1 Å². The Hall–Kier alpha value is -2.40. The van der Waals surface area contributed by atoms with Gasteiger partial charge in [-0.25, -0.2) is 9.78 Å². The number of rotatable bonds is 5. The summed E-state index contributed by atoms with van der Waals surface area (Å²) in [4.78, 5) is 15.3. The van der Waals surface area contributed by atoms with E-state index in [1.807, 2.05) is 6.92 Å². The number of benzene rings is 1. The quantitative estimate of drug-likeness (QED) is 0.875. The average molecular weight is 273 g/mol. The van der Waals surface area contributed by atoms with Gasteiger partial charge in [-0.1, -0.05) is 19.1 Å². The topological polar surface area (TPSA) is 79.7 Å². The summed E-state index contributed by atoms with van der Waals surface area (Å²) >= 11 is 0. The lowest BCUT2D eigenvalue weighted by molar-refractivity contribution is 0.0696. The fourth-order valence-electron chi connectivity index (χ4n) is 1.70. The van der Waals surface area contributed by atoms with Crippen LogP contribution >= 0.6 is 0 Å². The fraction of sp³-hybridized carbons (Fsp3) is 0.200. The Morgan fingerprint density at radius 2 is 1.95 bits per heavy atom. The molecule has 0 aliphatic rings. The molecule has 5 nitrogen and oxygen atoms in total. The number of hydrogen-bond donors (Lipinski definition) is 2. The molecule has 0 aliphatic carbocycles. The Labute approximate surface area is 116 Å². The second-order valence-electron chi connectivity index (χ2n) is 4.25. The molecule has 0 spiro atoms. The van der Waals surface area contributed by atoms with E-state index in [2.05, 4.69) is 4.98 Å². The minimum Gasteiger partial charge on any atom is -0.478 e. The molecule has 0 saturated carbocycles. The summed E-state index contributed by atoms with van der Waals surface area (Å²) in [5, 5.41) is 18.0. The number of aromatic nitrogens is 1. The summed E-state index contributed by atoms with van der Waals surface area (Å²) < 4.78 is 5.56. The first-order valence-electron chi connectivity index (χ1n) is 6.24. The summed E-state index contributed by atoms with van der Waals surface area (Å²) in [5.41, 5.74) is 1.59. The molecule has 2 rings (SSSR count). The predicted octanol–water partition coefficient (Wildman–Crippen LogP) is 2.63. The van der Waals surface area contributed by atoms with E-state index in [1.54, 1.807) is 24.3 Å².